The predicted octanol–water partition coefficient (Wildman–Crippen LogP) is 4.96. The first-order valence-electron chi connectivity index (χ1n) is 12.6. The lowest BCUT2D eigenvalue weighted by Gasteiger charge is -2.18. The Morgan fingerprint density at radius 1 is 0.974 bits per heavy atom. The van der Waals surface area contributed by atoms with Crippen LogP contribution < -0.4 is 0 Å². The number of likely N-dealkylation sites (tertiary alicyclic amines) is 1. The van der Waals surface area contributed by atoms with Crippen LogP contribution in [0.5, 0.6) is 0 Å². The van der Waals surface area contributed by atoms with E-state index in [0.717, 1.165) is 26.3 Å². The molecule has 1 fully saturated rings. The Morgan fingerprint density at radius 2 is 1.74 bits per heavy atom. The zero-order chi connectivity index (χ0) is 26.8. The molecule has 3 heterocycles. The molecule has 2 atom stereocenters. The highest BCUT2D eigenvalue weighted by atomic mass is 79.9. The molecule has 6 rings (SSSR count). The molecule has 5 aromatic rings. The van der Waals surface area contributed by atoms with E-state index < -0.39 is 10.8 Å². The van der Waals surface area contributed by atoms with Crippen LogP contribution in [0.2, 0.25) is 0 Å². The molecular weight excluding hydrogens is 576 g/mol. The Kier molecular flexibility index (Phi) is 7.21. The molecule has 0 spiro atoms. The van der Waals surface area contributed by atoms with E-state index in [2.05, 4.69) is 31.2 Å². The highest BCUT2D eigenvalue weighted by Crippen LogP contribution is 2.25. The van der Waals surface area contributed by atoms with E-state index in [1.807, 2.05) is 89.8 Å². The summed E-state index contributed by atoms with van der Waals surface area (Å²) >= 11 is 3.42. The molecule has 196 valence electrons. The largest absolute Gasteiger partial charge is 0.337 e. The SMILES string of the molecule is O=C(c1ccccc1-n1cc(Cn2cnc(-c3ccccc3)c2)nn1)N1CCC(S(=O)c2ccc(Br)cc2)C1. The zero-order valence-corrected chi connectivity index (χ0v) is 23.3. The third-order valence-electron chi connectivity index (χ3n) is 6.75. The quantitative estimate of drug-likeness (QED) is 0.263. The van der Waals surface area contributed by atoms with Crippen molar-refractivity contribution in [2.75, 3.05) is 13.1 Å². The van der Waals surface area contributed by atoms with Gasteiger partial charge in [-0.2, -0.15) is 0 Å². The number of hydrogen-bond donors (Lipinski definition) is 0. The summed E-state index contributed by atoms with van der Waals surface area (Å²) in [6.07, 6.45) is 6.29. The van der Waals surface area contributed by atoms with Gasteiger partial charge in [0.05, 0.1) is 52.1 Å². The number of benzene rings is 3. The van der Waals surface area contributed by atoms with Crippen molar-refractivity contribution in [3.05, 3.63) is 113 Å². The first-order valence-corrected chi connectivity index (χ1v) is 14.6. The highest BCUT2D eigenvalue weighted by Gasteiger charge is 2.32. The second-order valence-corrected chi connectivity index (χ2v) is 12.0. The molecule has 2 unspecified atom stereocenters. The molecule has 10 heteroatoms. The number of rotatable bonds is 7. The van der Waals surface area contributed by atoms with Crippen LogP contribution in [0.4, 0.5) is 0 Å². The molecule has 0 saturated carbocycles. The summed E-state index contributed by atoms with van der Waals surface area (Å²) in [5.41, 5.74) is 3.90. The Bertz CT molecular complexity index is 1630. The summed E-state index contributed by atoms with van der Waals surface area (Å²) in [5.74, 6) is -0.0972. The molecule has 8 nitrogen and oxygen atoms in total. The first kappa shape index (κ1) is 25.4. The predicted molar refractivity (Wildman–Crippen MR) is 153 cm³/mol. The van der Waals surface area contributed by atoms with Crippen LogP contribution in [0.3, 0.4) is 0 Å². The lowest BCUT2D eigenvalue weighted by atomic mass is 10.1. The van der Waals surface area contributed by atoms with E-state index in [1.165, 1.54) is 0 Å². The maximum absolute atomic E-state index is 13.6. The van der Waals surface area contributed by atoms with Gasteiger partial charge in [-0.1, -0.05) is 63.6 Å². The minimum atomic E-state index is -1.18. The fraction of sp³-hybridized carbons (Fsp3) is 0.172. The summed E-state index contributed by atoms with van der Waals surface area (Å²) in [7, 11) is -1.18. The van der Waals surface area contributed by atoms with Gasteiger partial charge in [-0.15, -0.1) is 5.10 Å². The van der Waals surface area contributed by atoms with E-state index in [1.54, 1.807) is 22.0 Å². The van der Waals surface area contributed by atoms with Gasteiger partial charge in [0.2, 0.25) is 0 Å². The fourth-order valence-corrected chi connectivity index (χ4v) is 6.44. The van der Waals surface area contributed by atoms with Gasteiger partial charge in [-0.3, -0.25) is 9.00 Å². The second-order valence-electron chi connectivity index (χ2n) is 9.38. The second kappa shape index (κ2) is 11.1. The molecule has 1 aliphatic rings. The molecule has 1 aliphatic heterocycles. The Hall–Kier alpha value is -3.89. The van der Waals surface area contributed by atoms with E-state index in [0.29, 0.717) is 37.3 Å². The lowest BCUT2D eigenvalue weighted by Crippen LogP contribution is -2.31. The number of halogens is 1. The summed E-state index contributed by atoms with van der Waals surface area (Å²) in [5, 5.41) is 8.55. The van der Waals surface area contributed by atoms with Crippen molar-refractivity contribution in [2.24, 2.45) is 0 Å². The minimum Gasteiger partial charge on any atom is -0.337 e. The van der Waals surface area contributed by atoms with E-state index in [-0.39, 0.29) is 11.2 Å². The molecule has 1 saturated heterocycles. The average molecular weight is 602 g/mol. The van der Waals surface area contributed by atoms with Crippen LogP contribution in [-0.4, -0.2) is 57.9 Å². The number of amides is 1. The number of hydrogen-bond acceptors (Lipinski definition) is 5. The Labute approximate surface area is 236 Å². The molecule has 39 heavy (non-hydrogen) atoms. The van der Waals surface area contributed by atoms with Crippen molar-refractivity contribution in [2.45, 2.75) is 23.1 Å². The van der Waals surface area contributed by atoms with Crippen LogP contribution in [0, 0.1) is 0 Å². The van der Waals surface area contributed by atoms with E-state index in [4.69, 9.17) is 0 Å². The van der Waals surface area contributed by atoms with Gasteiger partial charge >= 0.3 is 0 Å². The normalized spacial score (nSPS) is 15.9. The van der Waals surface area contributed by atoms with Crippen LogP contribution in [0.1, 0.15) is 22.5 Å². The van der Waals surface area contributed by atoms with Crippen molar-refractivity contribution in [1.29, 1.82) is 0 Å². The first-order chi connectivity index (χ1) is 19.0. The van der Waals surface area contributed by atoms with Crippen molar-refractivity contribution < 1.29 is 9.00 Å². The highest BCUT2D eigenvalue weighted by molar-refractivity contribution is 9.10. The minimum absolute atomic E-state index is 0.0972. The summed E-state index contributed by atoms with van der Waals surface area (Å²) in [6.45, 7) is 1.52. The molecule has 0 radical (unpaired) electrons. The molecule has 0 N–H and O–H groups in total. The van der Waals surface area contributed by atoms with Crippen molar-refractivity contribution in [3.63, 3.8) is 0 Å². The van der Waals surface area contributed by atoms with Crippen LogP contribution in [0.25, 0.3) is 16.9 Å². The maximum Gasteiger partial charge on any atom is 0.256 e. The molecule has 2 aromatic heterocycles. The summed E-state index contributed by atoms with van der Waals surface area (Å²) in [4.78, 5) is 20.6. The molecule has 3 aromatic carbocycles. The number of imidazole rings is 1. The van der Waals surface area contributed by atoms with Crippen molar-refractivity contribution >= 4 is 32.6 Å². The average Bonchev–Trinajstić information content (AvgIpc) is 3.75. The van der Waals surface area contributed by atoms with Crippen LogP contribution in [-0.2, 0) is 17.3 Å². The number of para-hydroxylation sites is 1. The zero-order valence-electron chi connectivity index (χ0n) is 20.9. The third kappa shape index (κ3) is 5.48. The van der Waals surface area contributed by atoms with Gasteiger partial charge in [-0.05, 0) is 42.8 Å². The number of nitrogens with zero attached hydrogens (tertiary/aromatic N) is 6. The fourth-order valence-electron chi connectivity index (χ4n) is 4.75. The number of carbonyl (C=O) groups excluding carboxylic acids is 1. The summed E-state index contributed by atoms with van der Waals surface area (Å²) < 4.78 is 17.7. The van der Waals surface area contributed by atoms with E-state index >= 15 is 0 Å². The smallest absolute Gasteiger partial charge is 0.256 e. The Balaban J connectivity index is 1.16. The Morgan fingerprint density at radius 3 is 2.56 bits per heavy atom. The standard InChI is InChI=1S/C29H25BrN6O2S/c30-22-10-12-24(13-11-22)39(38)25-14-15-35(18-25)29(37)26-8-4-5-9-28(26)36-17-23(32-33-36)16-34-19-27(31-20-34)21-6-2-1-3-7-21/h1-13,17,19-20,25H,14-16,18H2. The third-order valence-corrected chi connectivity index (χ3v) is 9.01. The topological polar surface area (TPSA) is 85.9 Å². The maximum atomic E-state index is 13.6. The van der Waals surface area contributed by atoms with Gasteiger partial charge in [0.15, 0.2) is 0 Å². The van der Waals surface area contributed by atoms with Gasteiger partial charge in [0, 0.05) is 34.2 Å². The molecule has 0 bridgehead atoms. The van der Waals surface area contributed by atoms with Gasteiger partial charge < -0.3 is 9.47 Å². The summed E-state index contributed by atoms with van der Waals surface area (Å²) in [6, 6.07) is 24.9. The van der Waals surface area contributed by atoms with Gasteiger partial charge in [0.1, 0.15) is 5.69 Å². The lowest BCUT2D eigenvalue weighted by molar-refractivity contribution is 0.0793. The molecule has 1 amide bonds. The van der Waals surface area contributed by atoms with Crippen LogP contribution in [0.15, 0.2) is 107 Å². The van der Waals surface area contributed by atoms with Crippen molar-refractivity contribution in [3.8, 4) is 16.9 Å². The van der Waals surface area contributed by atoms with Gasteiger partial charge in [-0.25, -0.2) is 9.67 Å². The van der Waals surface area contributed by atoms with Crippen LogP contribution >= 0.6 is 15.9 Å². The molecule has 0 aliphatic carbocycles. The van der Waals surface area contributed by atoms with Crippen molar-refractivity contribution in [1.82, 2.24) is 29.4 Å². The number of carbonyl (C=O) groups is 1. The van der Waals surface area contributed by atoms with Gasteiger partial charge in [0.25, 0.3) is 5.91 Å². The van der Waals surface area contributed by atoms with E-state index in [9.17, 15) is 9.00 Å². The molecular formula is C29H25BrN6O2S. The number of aromatic nitrogens is 5. The monoisotopic (exact) mass is 600 g/mol.